The number of rotatable bonds is 11. The number of fused-ring (bicyclic) bond motifs is 1. The Morgan fingerprint density at radius 2 is 1.73 bits per heavy atom. The van der Waals surface area contributed by atoms with Crippen molar-refractivity contribution in [1.82, 2.24) is 19.8 Å². The fourth-order valence-electron chi connectivity index (χ4n) is 7.15. The Morgan fingerprint density at radius 3 is 2.51 bits per heavy atom. The van der Waals surface area contributed by atoms with E-state index in [1.54, 1.807) is 11.0 Å². The summed E-state index contributed by atoms with van der Waals surface area (Å²) in [6.07, 6.45) is 5.58. The van der Waals surface area contributed by atoms with Gasteiger partial charge in [0, 0.05) is 42.2 Å². The first kappa shape index (κ1) is 32.7. The highest BCUT2D eigenvalue weighted by molar-refractivity contribution is 5.84. The lowest BCUT2D eigenvalue weighted by molar-refractivity contribution is -0.142. The fraction of sp³-hybridized carbons (Fsp3) is 0.342. The van der Waals surface area contributed by atoms with Crippen molar-refractivity contribution >= 4 is 28.6 Å². The molecule has 7 rings (SSSR count). The van der Waals surface area contributed by atoms with Crippen molar-refractivity contribution < 1.29 is 27.8 Å². The summed E-state index contributed by atoms with van der Waals surface area (Å²) in [6, 6.07) is 18.7. The first-order valence-corrected chi connectivity index (χ1v) is 16.7. The van der Waals surface area contributed by atoms with Gasteiger partial charge < -0.3 is 19.6 Å². The van der Waals surface area contributed by atoms with E-state index in [-0.39, 0.29) is 12.3 Å². The normalized spacial score (nSPS) is 17.0. The number of ether oxygens (including phenoxy) is 1. The number of likely N-dealkylation sites (tertiary alicyclic amines) is 2. The average Bonchev–Trinajstić information content (AvgIpc) is 3.84. The van der Waals surface area contributed by atoms with Gasteiger partial charge >= 0.3 is 12.6 Å². The Labute approximate surface area is 283 Å². The van der Waals surface area contributed by atoms with Crippen LogP contribution in [-0.4, -0.2) is 63.1 Å². The van der Waals surface area contributed by atoms with Crippen LogP contribution in [0.4, 0.5) is 20.3 Å². The van der Waals surface area contributed by atoms with Crippen LogP contribution in [0, 0.1) is 13.8 Å². The summed E-state index contributed by atoms with van der Waals surface area (Å²) < 4.78 is 38.0. The number of benzene rings is 3. The Bertz CT molecular complexity index is 1990. The fourth-order valence-corrected chi connectivity index (χ4v) is 7.15. The molecule has 0 radical (unpaired) electrons. The van der Waals surface area contributed by atoms with Crippen molar-refractivity contribution in [3.63, 3.8) is 0 Å². The number of aliphatic carboxylic acids is 1. The molecule has 4 heterocycles. The zero-order valence-electron chi connectivity index (χ0n) is 27.6. The Kier molecular flexibility index (Phi) is 9.29. The lowest BCUT2D eigenvalue weighted by Crippen LogP contribution is -2.35. The van der Waals surface area contributed by atoms with Gasteiger partial charge in [-0.3, -0.25) is 14.6 Å². The van der Waals surface area contributed by atoms with Crippen molar-refractivity contribution in [1.29, 1.82) is 0 Å². The molecule has 0 saturated carbocycles. The molecule has 49 heavy (non-hydrogen) atoms. The Hall–Kier alpha value is -4.87. The molecule has 2 aliphatic rings. The number of hydrogen-bond donors (Lipinski definition) is 2. The van der Waals surface area contributed by atoms with Gasteiger partial charge in [0.2, 0.25) is 5.89 Å². The lowest BCUT2D eigenvalue weighted by Gasteiger charge is -2.22. The minimum atomic E-state index is -3.04. The number of nitrogens with one attached hydrogen (secondary N) is 1. The number of nitrogens with zero attached hydrogens (tertiary/aromatic N) is 4. The van der Waals surface area contributed by atoms with Crippen molar-refractivity contribution in [3.8, 4) is 28.3 Å². The second kappa shape index (κ2) is 13.9. The van der Waals surface area contributed by atoms with Crippen LogP contribution in [0.2, 0.25) is 0 Å². The van der Waals surface area contributed by atoms with Gasteiger partial charge in [0.15, 0.2) is 5.58 Å². The molecule has 254 valence electrons. The number of carboxylic acid groups (broad SMARTS) is 1. The van der Waals surface area contributed by atoms with Crippen LogP contribution in [0.1, 0.15) is 47.9 Å². The minimum absolute atomic E-state index is 0.0418. The molecule has 0 unspecified atom stereocenters. The third-order valence-electron chi connectivity index (χ3n) is 9.69. The van der Waals surface area contributed by atoms with Crippen molar-refractivity contribution in [2.75, 3.05) is 25.0 Å². The molecule has 1 atom stereocenters. The van der Waals surface area contributed by atoms with Gasteiger partial charge in [0.05, 0.1) is 0 Å². The number of carbonyl (C=O) groups is 1. The third-order valence-corrected chi connectivity index (χ3v) is 9.69. The number of aromatic nitrogens is 2. The maximum Gasteiger partial charge on any atom is 0.387 e. The summed E-state index contributed by atoms with van der Waals surface area (Å²) in [5, 5.41) is 13.2. The number of oxazole rings is 1. The number of pyridine rings is 1. The topological polar surface area (TPSA) is 104 Å². The summed E-state index contributed by atoms with van der Waals surface area (Å²) in [6.45, 7) is 4.93. The molecular formula is C38H39F2N5O4. The van der Waals surface area contributed by atoms with E-state index in [2.05, 4.69) is 51.4 Å². The monoisotopic (exact) mass is 667 g/mol. The minimum Gasteiger partial charge on any atom is -0.480 e. The summed E-state index contributed by atoms with van der Waals surface area (Å²) in [4.78, 5) is 25.3. The molecule has 2 aromatic heterocycles. The highest BCUT2D eigenvalue weighted by atomic mass is 19.3. The van der Waals surface area contributed by atoms with E-state index in [9.17, 15) is 18.7 Å². The molecule has 2 aliphatic heterocycles. The summed E-state index contributed by atoms with van der Waals surface area (Å²) in [7, 11) is 0. The van der Waals surface area contributed by atoms with Crippen LogP contribution in [0.15, 0.2) is 71.3 Å². The SMILES string of the molecule is Cc1c(Nc2cc(CN3CCCC3)ccn2)cccc1-c1cccc(-c2nc3cc(OC(F)F)c(CN4CCC[C@H]4C(=O)O)cc3o2)c1C. The zero-order valence-corrected chi connectivity index (χ0v) is 27.6. The number of alkyl halides is 2. The first-order chi connectivity index (χ1) is 23.7. The Morgan fingerprint density at radius 1 is 0.980 bits per heavy atom. The maximum absolute atomic E-state index is 13.4. The standard InChI is InChI=1S/C38H39F2N5O4/c1-23-27(28-9-6-11-30(24(28)2)42-35-18-25(13-14-41-35)21-44-15-3-4-16-44)8-5-10-29(23)36-43-31-20-33(49-38(39)40)26(19-34(31)48-36)22-45-17-7-12-32(45)37(46)47/h5-6,8-11,13-14,18-20,32,38H,3-4,7,12,15-17,21-22H2,1-2H3,(H,41,42)(H,46,47)/t32-/m0/s1. The van der Waals surface area contributed by atoms with E-state index in [1.165, 1.54) is 24.5 Å². The summed E-state index contributed by atoms with van der Waals surface area (Å²) >= 11 is 0. The quantitative estimate of drug-likeness (QED) is 0.144. The number of halogens is 2. The van der Waals surface area contributed by atoms with Crippen LogP contribution in [0.25, 0.3) is 33.7 Å². The zero-order chi connectivity index (χ0) is 34.1. The van der Waals surface area contributed by atoms with E-state index in [0.717, 1.165) is 59.0 Å². The van der Waals surface area contributed by atoms with Crippen molar-refractivity contribution in [2.24, 2.45) is 0 Å². The molecule has 2 N–H and O–H groups in total. The van der Waals surface area contributed by atoms with Crippen molar-refractivity contribution in [2.45, 2.75) is 65.3 Å². The molecule has 0 spiro atoms. The van der Waals surface area contributed by atoms with Crippen LogP contribution in [-0.2, 0) is 17.9 Å². The average molecular weight is 668 g/mol. The van der Waals surface area contributed by atoms with Crippen LogP contribution < -0.4 is 10.1 Å². The molecule has 9 nitrogen and oxygen atoms in total. The molecule has 0 aliphatic carbocycles. The molecule has 2 saturated heterocycles. The highest BCUT2D eigenvalue weighted by Gasteiger charge is 2.31. The Balaban J connectivity index is 1.18. The molecule has 11 heteroatoms. The third kappa shape index (κ3) is 7.00. The van der Waals surface area contributed by atoms with Gasteiger partial charge in [0.25, 0.3) is 0 Å². The smallest absolute Gasteiger partial charge is 0.387 e. The van der Waals surface area contributed by atoms with E-state index in [1.807, 2.05) is 37.4 Å². The van der Waals surface area contributed by atoms with Crippen molar-refractivity contribution in [3.05, 3.63) is 89.1 Å². The lowest BCUT2D eigenvalue weighted by atomic mass is 9.93. The van der Waals surface area contributed by atoms with Crippen LogP contribution in [0.3, 0.4) is 0 Å². The molecule has 2 fully saturated rings. The largest absolute Gasteiger partial charge is 0.480 e. The molecule has 0 bridgehead atoms. The molecule has 3 aromatic carbocycles. The van der Waals surface area contributed by atoms with Crippen LogP contribution in [0.5, 0.6) is 5.75 Å². The van der Waals surface area contributed by atoms with Gasteiger partial charge in [-0.2, -0.15) is 8.78 Å². The number of anilines is 2. The first-order valence-electron chi connectivity index (χ1n) is 16.7. The summed E-state index contributed by atoms with van der Waals surface area (Å²) in [5.74, 6) is 0.180. The van der Waals surface area contributed by atoms with Gasteiger partial charge in [-0.1, -0.05) is 24.3 Å². The predicted octanol–water partition coefficient (Wildman–Crippen LogP) is 8.16. The molecular weight excluding hydrogens is 628 g/mol. The van der Waals surface area contributed by atoms with E-state index in [4.69, 9.17) is 9.15 Å². The second-order valence-corrected chi connectivity index (χ2v) is 12.9. The van der Waals surface area contributed by atoms with Gasteiger partial charge in [-0.25, -0.2) is 9.97 Å². The second-order valence-electron chi connectivity index (χ2n) is 12.9. The van der Waals surface area contributed by atoms with E-state index >= 15 is 0 Å². The maximum atomic E-state index is 13.4. The molecule has 0 amide bonds. The number of hydrogen-bond acceptors (Lipinski definition) is 8. The number of carboxylic acids is 1. The van der Waals surface area contributed by atoms with E-state index < -0.39 is 18.6 Å². The predicted molar refractivity (Wildman–Crippen MR) is 184 cm³/mol. The van der Waals surface area contributed by atoms with Gasteiger partial charge in [0.1, 0.15) is 23.1 Å². The molecule has 5 aromatic rings. The van der Waals surface area contributed by atoms with E-state index in [0.29, 0.717) is 41.9 Å². The summed E-state index contributed by atoms with van der Waals surface area (Å²) in [5.41, 5.74) is 8.22. The van der Waals surface area contributed by atoms with Crippen LogP contribution >= 0.6 is 0 Å². The van der Waals surface area contributed by atoms with Gasteiger partial charge in [-0.05, 0) is 117 Å². The highest BCUT2D eigenvalue weighted by Crippen LogP contribution is 2.38. The van der Waals surface area contributed by atoms with Gasteiger partial charge in [-0.15, -0.1) is 0 Å².